The van der Waals surface area contributed by atoms with E-state index in [4.69, 9.17) is 4.74 Å². The average molecular weight is 336 g/mol. The topological polar surface area (TPSA) is 56.3 Å². The summed E-state index contributed by atoms with van der Waals surface area (Å²) < 4.78 is 4.77. The van der Waals surface area contributed by atoms with Gasteiger partial charge in [-0.25, -0.2) is 4.79 Å². The predicted octanol–water partition coefficient (Wildman–Crippen LogP) is 3.18. The number of esters is 1. The summed E-state index contributed by atoms with van der Waals surface area (Å²) in [5, 5.41) is 1.34. The Balaban J connectivity index is 2.59. The van der Waals surface area contributed by atoms with Crippen LogP contribution >= 0.6 is 15.9 Å². The number of hydrogen-bond acceptors (Lipinski definition) is 4. The number of rotatable bonds is 4. The van der Waals surface area contributed by atoms with E-state index in [1.807, 2.05) is 13.0 Å². The van der Waals surface area contributed by atoms with Crippen molar-refractivity contribution in [3.8, 4) is 0 Å². The zero-order valence-corrected chi connectivity index (χ0v) is 12.9. The Labute approximate surface area is 125 Å². The summed E-state index contributed by atoms with van der Waals surface area (Å²) in [5.74, 6) is -1.45. The van der Waals surface area contributed by atoms with E-state index in [-0.39, 0.29) is 6.61 Å². The number of aryl methyl sites for hydroxylation is 1. The fraction of sp³-hybridized carbons (Fsp3) is 0.267. The van der Waals surface area contributed by atoms with Crippen molar-refractivity contribution in [1.29, 1.82) is 0 Å². The molecule has 0 saturated heterocycles. The molecule has 1 heterocycles. The van der Waals surface area contributed by atoms with Crippen molar-refractivity contribution in [2.24, 2.45) is 0 Å². The maximum atomic E-state index is 12.1. The third kappa shape index (κ3) is 2.72. The maximum Gasteiger partial charge on any atom is 0.379 e. The van der Waals surface area contributed by atoms with Gasteiger partial charge in [0.1, 0.15) is 0 Å². The molecule has 2 rings (SSSR count). The van der Waals surface area contributed by atoms with Gasteiger partial charge in [-0.15, -0.1) is 0 Å². The number of fused-ring (bicyclic) bond motifs is 1. The molecule has 0 saturated carbocycles. The second kappa shape index (κ2) is 6.13. The molecule has 0 N–H and O–H groups in total. The number of ether oxygens (including phenoxy) is 1. The molecule has 0 aliphatic carbocycles. The van der Waals surface area contributed by atoms with E-state index in [1.54, 1.807) is 25.3 Å². The lowest BCUT2D eigenvalue weighted by molar-refractivity contribution is -0.137. The minimum absolute atomic E-state index is 0.183. The number of halogens is 1. The summed E-state index contributed by atoms with van der Waals surface area (Å²) in [6.07, 6.45) is 1.77. The Bertz CT molecular complexity index is 682. The van der Waals surface area contributed by atoms with Crippen LogP contribution in [0.3, 0.4) is 0 Å². The van der Waals surface area contributed by atoms with Crippen LogP contribution in [0.15, 0.2) is 24.4 Å². The Kier molecular flexibility index (Phi) is 4.49. The molecule has 1 aromatic carbocycles. The molecule has 20 heavy (non-hydrogen) atoms. The zero-order chi connectivity index (χ0) is 14.7. The molecule has 2 aromatic rings. The highest BCUT2D eigenvalue weighted by molar-refractivity contribution is 9.08. The van der Waals surface area contributed by atoms with Crippen LogP contribution in [0.5, 0.6) is 0 Å². The molecule has 4 nitrogen and oxygen atoms in total. The molecule has 5 heteroatoms. The fourth-order valence-electron chi connectivity index (χ4n) is 2.03. The maximum absolute atomic E-state index is 12.1. The number of carbonyl (C=O) groups excluding carboxylic acids is 2. The number of ketones is 1. The molecular weight excluding hydrogens is 322 g/mol. The van der Waals surface area contributed by atoms with Crippen LogP contribution in [0.1, 0.15) is 28.4 Å². The monoisotopic (exact) mass is 335 g/mol. The van der Waals surface area contributed by atoms with Gasteiger partial charge in [-0.05, 0) is 43.2 Å². The van der Waals surface area contributed by atoms with Crippen molar-refractivity contribution in [1.82, 2.24) is 4.98 Å². The van der Waals surface area contributed by atoms with E-state index >= 15 is 0 Å². The van der Waals surface area contributed by atoms with Crippen molar-refractivity contribution in [3.05, 3.63) is 41.1 Å². The highest BCUT2D eigenvalue weighted by atomic mass is 79.9. The van der Waals surface area contributed by atoms with Gasteiger partial charge in [0, 0.05) is 22.5 Å². The number of Topliss-reactive ketones (excluding diaryl/α,β-unsaturated/α-hetero) is 1. The fourth-order valence-corrected chi connectivity index (χ4v) is 2.63. The molecule has 104 valence electrons. The van der Waals surface area contributed by atoms with Crippen LogP contribution in [0.25, 0.3) is 10.9 Å². The van der Waals surface area contributed by atoms with E-state index in [2.05, 4.69) is 20.9 Å². The van der Waals surface area contributed by atoms with Gasteiger partial charge in [-0.3, -0.25) is 9.78 Å². The van der Waals surface area contributed by atoms with Gasteiger partial charge in [0.15, 0.2) is 0 Å². The normalized spacial score (nSPS) is 10.6. The van der Waals surface area contributed by atoms with Crippen molar-refractivity contribution >= 4 is 38.6 Å². The first-order chi connectivity index (χ1) is 9.58. The highest BCUT2D eigenvalue weighted by Gasteiger charge is 2.21. The SMILES string of the molecule is CCOC(=O)C(=O)c1ccc2ncc(C)cc2c1CBr. The third-order valence-electron chi connectivity index (χ3n) is 2.95. The summed E-state index contributed by atoms with van der Waals surface area (Å²) >= 11 is 3.38. The van der Waals surface area contributed by atoms with Crippen LogP contribution in [-0.2, 0) is 14.9 Å². The average Bonchev–Trinajstić information content (AvgIpc) is 2.45. The minimum atomic E-state index is -0.824. The van der Waals surface area contributed by atoms with Gasteiger partial charge in [0.25, 0.3) is 5.78 Å². The lowest BCUT2D eigenvalue weighted by Crippen LogP contribution is -2.19. The first-order valence-corrected chi connectivity index (χ1v) is 7.36. The Morgan fingerprint density at radius 3 is 2.75 bits per heavy atom. The molecule has 0 aliphatic rings. The predicted molar refractivity (Wildman–Crippen MR) is 80.1 cm³/mol. The van der Waals surface area contributed by atoms with E-state index in [0.29, 0.717) is 10.9 Å². The van der Waals surface area contributed by atoms with Gasteiger partial charge in [-0.1, -0.05) is 15.9 Å². The molecule has 0 unspecified atom stereocenters. The number of benzene rings is 1. The first kappa shape index (κ1) is 14.7. The van der Waals surface area contributed by atoms with Gasteiger partial charge in [0.05, 0.1) is 12.1 Å². The lowest BCUT2D eigenvalue weighted by Gasteiger charge is -2.10. The lowest BCUT2D eigenvalue weighted by atomic mass is 9.99. The van der Waals surface area contributed by atoms with E-state index in [1.165, 1.54) is 0 Å². The van der Waals surface area contributed by atoms with Crippen molar-refractivity contribution < 1.29 is 14.3 Å². The first-order valence-electron chi connectivity index (χ1n) is 6.24. The number of alkyl halides is 1. The summed E-state index contributed by atoms with van der Waals surface area (Å²) in [6, 6.07) is 5.33. The second-order valence-electron chi connectivity index (χ2n) is 4.35. The molecule has 0 bridgehead atoms. The van der Waals surface area contributed by atoms with Gasteiger partial charge in [-0.2, -0.15) is 0 Å². The van der Waals surface area contributed by atoms with Crippen LogP contribution < -0.4 is 0 Å². The molecule has 0 radical (unpaired) electrons. The Hall–Kier alpha value is -1.75. The number of aromatic nitrogens is 1. The molecule has 0 amide bonds. The van der Waals surface area contributed by atoms with Crippen molar-refractivity contribution in [3.63, 3.8) is 0 Å². The van der Waals surface area contributed by atoms with Crippen LogP contribution in [0.2, 0.25) is 0 Å². The van der Waals surface area contributed by atoms with E-state index < -0.39 is 11.8 Å². The number of pyridine rings is 1. The molecule has 0 atom stereocenters. The molecule has 0 fully saturated rings. The van der Waals surface area contributed by atoms with Crippen molar-refractivity contribution in [2.75, 3.05) is 6.61 Å². The molecule has 0 spiro atoms. The van der Waals surface area contributed by atoms with E-state index in [0.717, 1.165) is 22.0 Å². The smallest absolute Gasteiger partial charge is 0.379 e. The summed E-state index contributed by atoms with van der Waals surface area (Å²) in [5.41, 5.74) is 2.92. The number of nitrogens with zero attached hydrogens (tertiary/aromatic N) is 1. The Morgan fingerprint density at radius 1 is 1.35 bits per heavy atom. The summed E-state index contributed by atoms with van der Waals surface area (Å²) in [7, 11) is 0. The number of carbonyl (C=O) groups is 2. The van der Waals surface area contributed by atoms with Crippen LogP contribution in [-0.4, -0.2) is 23.3 Å². The van der Waals surface area contributed by atoms with Gasteiger partial charge in [0.2, 0.25) is 0 Å². The second-order valence-corrected chi connectivity index (χ2v) is 4.91. The van der Waals surface area contributed by atoms with E-state index in [9.17, 15) is 9.59 Å². The summed E-state index contributed by atoms with van der Waals surface area (Å²) in [6.45, 7) is 3.79. The van der Waals surface area contributed by atoms with Gasteiger partial charge < -0.3 is 4.74 Å². The Morgan fingerprint density at radius 2 is 2.10 bits per heavy atom. The number of hydrogen-bond donors (Lipinski definition) is 0. The van der Waals surface area contributed by atoms with Crippen molar-refractivity contribution in [2.45, 2.75) is 19.2 Å². The molecule has 1 aromatic heterocycles. The minimum Gasteiger partial charge on any atom is -0.460 e. The zero-order valence-electron chi connectivity index (χ0n) is 11.3. The molecule has 0 aliphatic heterocycles. The standard InChI is InChI=1S/C15H14BrNO3/c1-3-20-15(19)14(18)10-4-5-13-11(12(10)7-16)6-9(2)8-17-13/h4-6,8H,3,7H2,1-2H3. The largest absolute Gasteiger partial charge is 0.460 e. The highest BCUT2D eigenvalue weighted by Crippen LogP contribution is 2.25. The van der Waals surface area contributed by atoms with Gasteiger partial charge >= 0.3 is 5.97 Å². The summed E-state index contributed by atoms with van der Waals surface area (Å²) in [4.78, 5) is 28.1. The quantitative estimate of drug-likeness (QED) is 0.372. The molecular formula is C15H14BrNO3. The van der Waals surface area contributed by atoms with Crippen LogP contribution in [0.4, 0.5) is 0 Å². The van der Waals surface area contributed by atoms with Crippen LogP contribution in [0, 0.1) is 6.92 Å². The third-order valence-corrected chi connectivity index (χ3v) is 3.51.